The fourth-order valence-corrected chi connectivity index (χ4v) is 4.27. The molecule has 1 aliphatic carbocycles. The number of rotatable bonds is 7. The first kappa shape index (κ1) is 15.7. The van der Waals surface area contributed by atoms with Crippen molar-refractivity contribution in [2.24, 2.45) is 0 Å². The molecule has 2 atom stereocenters. The number of methoxy groups -OCH3 is 1. The molecule has 0 bridgehead atoms. The van der Waals surface area contributed by atoms with Gasteiger partial charge in [-0.05, 0) is 39.7 Å². The topological polar surface area (TPSA) is 37.4 Å². The first-order valence-corrected chi connectivity index (χ1v) is 8.51. The monoisotopic (exact) mass is 297 g/mol. The molecule has 1 heterocycles. The van der Waals surface area contributed by atoms with Crippen LogP contribution in [-0.2, 0) is 11.2 Å². The lowest BCUT2D eigenvalue weighted by molar-refractivity contribution is 0.182. The Bertz CT molecular complexity index is 421. The number of likely N-dealkylation sites (N-methyl/N-ethyl adjacent to an activating group) is 1. The number of hydrogen-bond donors (Lipinski definition) is 1. The summed E-state index contributed by atoms with van der Waals surface area (Å²) in [6.07, 6.45) is 3.67. The van der Waals surface area contributed by atoms with Gasteiger partial charge in [0.25, 0.3) is 0 Å². The summed E-state index contributed by atoms with van der Waals surface area (Å²) in [5, 5.41) is 4.73. The summed E-state index contributed by atoms with van der Waals surface area (Å²) in [7, 11) is 1.76. The molecule has 20 heavy (non-hydrogen) atoms. The van der Waals surface area contributed by atoms with Gasteiger partial charge in [0.05, 0.1) is 24.4 Å². The van der Waals surface area contributed by atoms with Crippen LogP contribution >= 0.6 is 11.3 Å². The van der Waals surface area contributed by atoms with Crippen LogP contribution in [0.2, 0.25) is 0 Å². The summed E-state index contributed by atoms with van der Waals surface area (Å²) < 4.78 is 5.29. The molecule has 1 aromatic rings. The van der Waals surface area contributed by atoms with E-state index in [1.165, 1.54) is 29.8 Å². The van der Waals surface area contributed by atoms with Crippen molar-refractivity contribution >= 4 is 16.5 Å². The molecule has 4 nitrogen and oxygen atoms in total. The molecule has 2 rings (SSSR count). The van der Waals surface area contributed by atoms with E-state index in [-0.39, 0.29) is 0 Å². The highest BCUT2D eigenvalue weighted by molar-refractivity contribution is 7.15. The van der Waals surface area contributed by atoms with Gasteiger partial charge < -0.3 is 15.0 Å². The van der Waals surface area contributed by atoms with Gasteiger partial charge in [-0.2, -0.15) is 0 Å². The highest BCUT2D eigenvalue weighted by Gasteiger charge is 2.26. The summed E-state index contributed by atoms with van der Waals surface area (Å²) in [5.74, 6) is 0. The van der Waals surface area contributed by atoms with Gasteiger partial charge >= 0.3 is 0 Å². The summed E-state index contributed by atoms with van der Waals surface area (Å²) in [6, 6.07) is 0.820. The van der Waals surface area contributed by atoms with Crippen LogP contribution in [0.1, 0.15) is 50.2 Å². The average Bonchev–Trinajstić information content (AvgIpc) is 2.85. The summed E-state index contributed by atoms with van der Waals surface area (Å²) in [4.78, 5) is 8.78. The van der Waals surface area contributed by atoms with Crippen LogP contribution in [0.15, 0.2) is 0 Å². The Morgan fingerprint density at radius 1 is 1.50 bits per heavy atom. The van der Waals surface area contributed by atoms with Crippen LogP contribution in [0.4, 0.5) is 5.13 Å². The first-order valence-electron chi connectivity index (χ1n) is 7.69. The first-order chi connectivity index (χ1) is 9.71. The van der Waals surface area contributed by atoms with Crippen molar-refractivity contribution in [2.45, 2.75) is 52.1 Å². The second-order valence-electron chi connectivity index (χ2n) is 5.40. The molecular formula is C15H27N3OS. The van der Waals surface area contributed by atoms with Crippen molar-refractivity contribution < 1.29 is 4.74 Å². The number of thiazole rings is 1. The molecule has 5 heteroatoms. The lowest BCUT2D eigenvalue weighted by atomic mass is 9.98. The lowest BCUT2D eigenvalue weighted by Crippen LogP contribution is -2.36. The van der Waals surface area contributed by atoms with Crippen LogP contribution in [0.25, 0.3) is 0 Å². The number of nitrogens with one attached hydrogen (secondary N) is 1. The zero-order chi connectivity index (χ0) is 14.5. The Hall–Kier alpha value is -0.650. The number of anilines is 1. The van der Waals surface area contributed by atoms with E-state index in [1.54, 1.807) is 7.11 Å². The molecular weight excluding hydrogens is 270 g/mol. The number of nitrogens with zero attached hydrogens (tertiary/aromatic N) is 2. The highest BCUT2D eigenvalue weighted by Crippen LogP contribution is 2.37. The molecule has 0 saturated heterocycles. The van der Waals surface area contributed by atoms with Crippen LogP contribution in [0.3, 0.4) is 0 Å². The minimum atomic E-state index is 0.371. The third-order valence-electron chi connectivity index (χ3n) is 3.92. The number of hydrogen-bond acceptors (Lipinski definition) is 5. The zero-order valence-corrected chi connectivity index (χ0v) is 13.9. The van der Waals surface area contributed by atoms with E-state index in [2.05, 4.69) is 31.0 Å². The van der Waals surface area contributed by atoms with Gasteiger partial charge in [0.15, 0.2) is 5.13 Å². The molecule has 114 valence electrons. The Morgan fingerprint density at radius 2 is 2.30 bits per heavy atom. The molecule has 1 aromatic heterocycles. The minimum Gasteiger partial charge on any atom is -0.383 e. The largest absolute Gasteiger partial charge is 0.383 e. The normalized spacial score (nSPS) is 19.7. The highest BCUT2D eigenvalue weighted by atomic mass is 32.1. The standard InChI is InChI=1S/C15H27N3OS/c1-5-16-12-8-7-9-13-14(12)17-15(20-13)18(6-2)11(3)10-19-4/h11-12,16H,5-10H2,1-4H3. The van der Waals surface area contributed by atoms with Crippen molar-refractivity contribution in [1.82, 2.24) is 10.3 Å². The molecule has 0 spiro atoms. The Morgan fingerprint density at radius 3 is 2.95 bits per heavy atom. The molecule has 0 aliphatic heterocycles. The molecule has 0 amide bonds. The van der Waals surface area contributed by atoms with Crippen molar-refractivity contribution in [3.05, 3.63) is 10.6 Å². The maximum atomic E-state index is 5.29. The fraction of sp³-hybridized carbons (Fsp3) is 0.800. The van der Waals surface area contributed by atoms with Gasteiger partial charge in [-0.1, -0.05) is 6.92 Å². The third-order valence-corrected chi connectivity index (χ3v) is 5.09. The van der Waals surface area contributed by atoms with Crippen LogP contribution in [-0.4, -0.2) is 37.8 Å². The predicted molar refractivity (Wildman–Crippen MR) is 85.8 cm³/mol. The third kappa shape index (κ3) is 3.32. The van der Waals surface area contributed by atoms with E-state index in [0.29, 0.717) is 12.1 Å². The van der Waals surface area contributed by atoms with E-state index < -0.39 is 0 Å². The summed E-state index contributed by atoms with van der Waals surface area (Å²) >= 11 is 1.87. The Kier molecular flexibility index (Phi) is 5.81. The molecule has 1 N–H and O–H groups in total. The lowest BCUT2D eigenvalue weighted by Gasteiger charge is -2.27. The smallest absolute Gasteiger partial charge is 0.186 e. The zero-order valence-electron chi connectivity index (χ0n) is 13.1. The van der Waals surface area contributed by atoms with E-state index in [9.17, 15) is 0 Å². The Balaban J connectivity index is 2.21. The van der Waals surface area contributed by atoms with E-state index in [0.717, 1.165) is 24.8 Å². The SMILES string of the molecule is CCNC1CCCc2sc(N(CC)C(C)COC)nc21. The van der Waals surface area contributed by atoms with Crippen LogP contribution in [0, 0.1) is 0 Å². The van der Waals surface area contributed by atoms with E-state index >= 15 is 0 Å². The van der Waals surface area contributed by atoms with Crippen molar-refractivity contribution in [3.8, 4) is 0 Å². The van der Waals surface area contributed by atoms with Gasteiger partial charge in [0.2, 0.25) is 0 Å². The van der Waals surface area contributed by atoms with Gasteiger partial charge in [-0.3, -0.25) is 0 Å². The number of aryl methyl sites for hydroxylation is 1. The maximum absolute atomic E-state index is 5.29. The second kappa shape index (κ2) is 7.38. The molecule has 0 saturated carbocycles. The average molecular weight is 297 g/mol. The van der Waals surface area contributed by atoms with E-state index in [4.69, 9.17) is 9.72 Å². The van der Waals surface area contributed by atoms with Gasteiger partial charge in [0, 0.05) is 18.5 Å². The second-order valence-corrected chi connectivity index (χ2v) is 6.46. The van der Waals surface area contributed by atoms with Crippen molar-refractivity contribution in [3.63, 3.8) is 0 Å². The molecule has 0 fully saturated rings. The van der Waals surface area contributed by atoms with Crippen molar-refractivity contribution in [2.75, 3.05) is 31.7 Å². The van der Waals surface area contributed by atoms with Gasteiger partial charge in [-0.15, -0.1) is 11.3 Å². The quantitative estimate of drug-likeness (QED) is 0.839. The molecule has 0 aromatic carbocycles. The van der Waals surface area contributed by atoms with Crippen molar-refractivity contribution in [1.29, 1.82) is 0 Å². The Labute approximate surface area is 126 Å². The predicted octanol–water partition coefficient (Wildman–Crippen LogP) is 2.99. The van der Waals surface area contributed by atoms with Crippen LogP contribution < -0.4 is 10.2 Å². The summed E-state index contributed by atoms with van der Waals surface area (Å²) in [6.45, 7) is 9.29. The molecule has 1 aliphatic rings. The molecule has 0 radical (unpaired) electrons. The number of fused-ring (bicyclic) bond motifs is 1. The number of aromatic nitrogens is 1. The molecule has 2 unspecified atom stereocenters. The van der Waals surface area contributed by atoms with Gasteiger partial charge in [-0.25, -0.2) is 4.98 Å². The minimum absolute atomic E-state index is 0.371. The maximum Gasteiger partial charge on any atom is 0.186 e. The van der Waals surface area contributed by atoms with E-state index in [1.807, 2.05) is 11.3 Å². The summed E-state index contributed by atoms with van der Waals surface area (Å²) in [5.41, 5.74) is 1.29. The fourth-order valence-electron chi connectivity index (χ4n) is 2.94. The van der Waals surface area contributed by atoms with Crippen LogP contribution in [0.5, 0.6) is 0 Å². The number of ether oxygens (including phenoxy) is 1. The van der Waals surface area contributed by atoms with Gasteiger partial charge in [0.1, 0.15) is 0 Å².